The molecule has 54 nitrogen and oxygen atoms in total. The van der Waals surface area contributed by atoms with E-state index in [1.807, 2.05) is 12.1 Å². The number of thiol groups is 1. The SMILES string of the molecule is Nc1nc2c(ncn2[C@@H]2O[C@@H]3COP(O)(=S)O[C@H]4C[C@H](n5ccc6c(N)ccnc65)OC4COP(O)(=S)O[C@@H]2C3)c(=O)[nH]1.Nc1nc2c(ncn2[C@@H]2O[C@@H]3COP(O)(=S)O[C@H]4C[C@H](n5ccc6c(N)ccnc65)O[C@@H]4COP(O)(=S)O[C@@H]2C3)c(=O)[nH]1.Nc1nc2c(nnn2[C@@H]2S[C@@H]3COP(=O)(S)O[C@H]4[C@H](F)[C@H](n5nnc6c(N)ccnc65)O[C@@H]4COP(O)(=S)O[C@@H]2[C@@H]3O)c(=O)[nH]1. The van der Waals surface area contributed by atoms with E-state index in [-0.39, 0.29) is 120 Å². The number of aliphatic hydroxyl groups is 1. The summed E-state index contributed by atoms with van der Waals surface area (Å²) in [6, 6.07) is 8.53. The van der Waals surface area contributed by atoms with E-state index in [0.29, 0.717) is 22.7 Å². The van der Waals surface area contributed by atoms with Crippen LogP contribution in [0.4, 0.5) is 39.3 Å². The maximum Gasteiger partial charge on any atom is 0.386 e. The van der Waals surface area contributed by atoms with E-state index >= 15 is 4.39 Å². The van der Waals surface area contributed by atoms with Crippen molar-refractivity contribution in [2.24, 2.45) is 0 Å². The van der Waals surface area contributed by atoms with Crippen molar-refractivity contribution in [3.8, 4) is 0 Å². The van der Waals surface area contributed by atoms with Gasteiger partial charge in [-0.2, -0.15) is 19.6 Å². The number of nitrogens with one attached hydrogen (secondary N) is 3. The van der Waals surface area contributed by atoms with Crippen molar-refractivity contribution < 1.29 is 116 Å². The zero-order valence-corrected chi connectivity index (χ0v) is 77.4. The first-order valence-electron chi connectivity index (χ1n) is 38.9. The zero-order valence-electron chi connectivity index (χ0n) is 66.3. The normalized spacial score (nSPS) is 36.2. The minimum absolute atomic E-state index is 0.0249. The van der Waals surface area contributed by atoms with E-state index in [0.717, 1.165) is 31.9 Å². The number of nitrogens with two attached hydrogens (primary N) is 6. The minimum atomic E-state index is -4.36. The number of nitrogens with zero attached hydrogens (tertiary/aromatic N) is 18. The number of rotatable bonds is 6. The first-order chi connectivity index (χ1) is 62.2. The molecule has 0 aliphatic carbocycles. The highest BCUT2D eigenvalue weighted by molar-refractivity contribution is 8.44. The largest absolute Gasteiger partial charge is 0.398 e. The van der Waals surface area contributed by atoms with E-state index < -0.39 is 191 Å². The third-order valence-corrected chi connectivity index (χ3v) is 32.9. The van der Waals surface area contributed by atoms with Crippen LogP contribution in [0.1, 0.15) is 62.2 Å². The second kappa shape index (κ2) is 36.1. The number of alkyl halides is 1. The van der Waals surface area contributed by atoms with Gasteiger partial charge < -0.3 is 138 Å². The van der Waals surface area contributed by atoms with Gasteiger partial charge in [-0.1, -0.05) is 22.7 Å². The van der Waals surface area contributed by atoms with Gasteiger partial charge in [0.15, 0.2) is 69.5 Å². The highest BCUT2D eigenvalue weighted by Gasteiger charge is 2.56. The number of hydrogen-bond acceptors (Lipinski definition) is 46. The lowest BCUT2D eigenvalue weighted by atomic mass is 10.1. The molecule has 9 aliphatic heterocycles. The molecule has 0 amide bonds. The van der Waals surface area contributed by atoms with E-state index in [9.17, 15) is 48.5 Å². The summed E-state index contributed by atoms with van der Waals surface area (Å²) in [6.45, 7) is -26.0. The molecule has 702 valence electrons. The van der Waals surface area contributed by atoms with Crippen LogP contribution in [-0.2, 0) is 142 Å². The van der Waals surface area contributed by atoms with Gasteiger partial charge in [0.1, 0.15) is 71.9 Å². The van der Waals surface area contributed by atoms with Crippen molar-refractivity contribution in [3.63, 3.8) is 0 Å². The molecule has 0 spiro atoms. The summed E-state index contributed by atoms with van der Waals surface area (Å²) in [5, 5.41) is 26.4. The van der Waals surface area contributed by atoms with Crippen LogP contribution in [0.15, 0.2) is 88.4 Å². The number of H-pyrrole nitrogens is 3. The van der Waals surface area contributed by atoms with Gasteiger partial charge in [-0.3, -0.25) is 52.0 Å². The monoisotopic (exact) mass is 2070 g/mol. The van der Waals surface area contributed by atoms with Gasteiger partial charge >= 0.3 is 40.4 Å². The van der Waals surface area contributed by atoms with Gasteiger partial charge in [0.2, 0.25) is 17.8 Å². The molecular weight excluding hydrogens is 2000 g/mol. The molecule has 21 heterocycles. The Labute approximate surface area is 765 Å². The predicted molar refractivity (Wildman–Crippen MR) is 477 cm³/mol. The molecule has 21 N–H and O–H groups in total. The summed E-state index contributed by atoms with van der Waals surface area (Å²) in [5.41, 5.74) is 36.5. The van der Waals surface area contributed by atoms with Crippen LogP contribution in [0.25, 0.3) is 66.7 Å². The van der Waals surface area contributed by atoms with Crippen molar-refractivity contribution >= 4 is 225 Å². The molecule has 0 radical (unpaired) electrons. The number of fused-ring (bicyclic) bond motifs is 15. The molecule has 26 atom stereocenters. The highest BCUT2D eigenvalue weighted by atomic mass is 32.7. The number of aromatic amines is 3. The van der Waals surface area contributed by atoms with Gasteiger partial charge in [-0.15, -0.1) is 22.0 Å². The molecule has 7 unspecified atom stereocenters. The zero-order chi connectivity index (χ0) is 92.0. The summed E-state index contributed by atoms with van der Waals surface area (Å²) in [4.78, 5) is 133. The molecule has 9 saturated heterocycles. The first-order valence-corrected chi connectivity index (χ1v) is 55.5. The lowest BCUT2D eigenvalue weighted by Crippen LogP contribution is -2.35. The molecule has 12 aromatic rings. The molecule has 12 aromatic heterocycles. The van der Waals surface area contributed by atoms with Crippen molar-refractivity contribution in [2.45, 2.75) is 147 Å². The Morgan fingerprint density at radius 1 is 0.443 bits per heavy atom. The Morgan fingerprint density at radius 3 is 1.39 bits per heavy atom. The number of halogens is 1. The fourth-order valence-electron chi connectivity index (χ4n) is 16.1. The first kappa shape index (κ1) is 92.9. The average molecular weight is 2070 g/mol. The molecule has 21 rings (SSSR count). The Morgan fingerprint density at radius 2 is 0.878 bits per heavy atom. The van der Waals surface area contributed by atoms with Gasteiger partial charge in [0.25, 0.3) is 16.7 Å². The van der Waals surface area contributed by atoms with Crippen LogP contribution < -0.4 is 51.1 Å². The number of thioether (sulfide) groups is 1. The maximum absolute atomic E-state index is 16.0. The van der Waals surface area contributed by atoms with E-state index in [4.69, 9.17) is 171 Å². The van der Waals surface area contributed by atoms with Gasteiger partial charge in [0, 0.05) is 78.8 Å². The number of ether oxygens (including phenoxy) is 5. The van der Waals surface area contributed by atoms with Crippen molar-refractivity contribution in [1.82, 2.24) is 103 Å². The summed E-state index contributed by atoms with van der Waals surface area (Å²) in [7, 11) is 0. The second-order valence-electron chi connectivity index (χ2n) is 30.4. The Hall–Kier alpha value is -7.10. The van der Waals surface area contributed by atoms with Crippen LogP contribution in [0.2, 0.25) is 0 Å². The molecule has 0 aromatic carbocycles. The van der Waals surface area contributed by atoms with Crippen LogP contribution in [0.3, 0.4) is 0 Å². The molecule has 0 saturated carbocycles. The quantitative estimate of drug-likeness (QED) is 0.0837. The fourth-order valence-corrected chi connectivity index (χ4v) is 26.5. The Bertz CT molecular complexity index is 6700. The number of hydrogen-bond donors (Lipinski definition) is 16. The van der Waals surface area contributed by atoms with E-state index in [1.165, 1.54) is 34.1 Å². The second-order valence-corrected chi connectivity index (χ2v) is 48.6. The highest BCUT2D eigenvalue weighted by Crippen LogP contribution is 2.62. The number of imidazole rings is 2. The number of nitrogen functional groups attached to an aromatic ring is 6. The molecule has 68 heteroatoms. The fraction of sp³-hybridized carbons (Fsp3) is 0.476. The molecular formula is C63H74FN27O27P6S7. The van der Waals surface area contributed by atoms with Crippen LogP contribution >= 0.6 is 64.4 Å². The summed E-state index contributed by atoms with van der Waals surface area (Å²) >= 11 is 31.7. The predicted octanol–water partition coefficient (Wildman–Crippen LogP) is 2.12. The molecule has 6 bridgehead atoms. The Kier molecular flexibility index (Phi) is 25.6. The smallest absolute Gasteiger partial charge is 0.386 e. The summed E-state index contributed by atoms with van der Waals surface area (Å²) in [5.74, 6) is -0.472. The van der Waals surface area contributed by atoms with Crippen molar-refractivity contribution in [3.05, 3.63) is 105 Å². The average Bonchev–Trinajstić information content (AvgIpc) is 1.62. The van der Waals surface area contributed by atoms with Crippen molar-refractivity contribution in [2.75, 3.05) is 74.0 Å². The number of anilines is 6. The third kappa shape index (κ3) is 19.1. The van der Waals surface area contributed by atoms with Crippen LogP contribution in [0.5, 0.6) is 0 Å². The molecule has 9 fully saturated rings. The number of aromatic nitrogens is 21. The number of aliphatic hydroxyl groups excluding tert-OH is 1. The van der Waals surface area contributed by atoms with E-state index in [1.54, 1.807) is 46.1 Å². The summed E-state index contributed by atoms with van der Waals surface area (Å²) in [6.07, 6.45) is -7.21. The van der Waals surface area contributed by atoms with Crippen LogP contribution in [0, 0.1) is 0 Å². The lowest BCUT2D eigenvalue weighted by Gasteiger charge is -2.27. The third-order valence-electron chi connectivity index (χ3n) is 21.9. The Balaban J connectivity index is 0.000000127. The van der Waals surface area contributed by atoms with Gasteiger partial charge in [-0.05, 0) is 89.4 Å². The molecule has 9 aliphatic rings. The standard InChI is InChI=1S/2C22H26N8O9P2S2.C19H22FN11O9P2S3/c2*23-12-1-3-25-18-11(12)2-4-29(18)16-6-13-15(37-16)8-35-41(33,43)39-14-5-10(7-34-40(32,42)38-13)36-21(14)30-9-26-17-19(30)27-22(24)28-20(17)31;20-8-12-6(38-17(8)30-14-9(26-28-30)5(21)1-2-23-14)3-36-41(34,43)40-13-11(32)7(4-37-42(35,44)39-12)45-18(13)31-15-10(27-29-31)16(33)25-19(22)24-15/h2*1-4,9-10,13-16,21H,5-8H2,(H2,23,25)(H,32,42)(H,33,43)(H3,24,27,28,31);1-2,6-8,11-13,17-18,32H,3-4H2,(H2,21,23)(H,34,43)(H,35,44)(H3,22,24,25,33)/t10-,13-,14+,15?,16+,21+,40?,41?;10-,13-,14+,15+,16+,21+,40?,41?;6-,7-,8+,11-,12-,13-,17-,18-,41?,42?/m001/s1. The van der Waals surface area contributed by atoms with Gasteiger partial charge in [-0.25, -0.2) is 38.6 Å². The molecule has 131 heavy (non-hydrogen) atoms. The van der Waals surface area contributed by atoms with Crippen molar-refractivity contribution in [1.29, 1.82) is 0 Å². The lowest BCUT2D eigenvalue weighted by molar-refractivity contribution is -0.0594. The number of pyridine rings is 3. The topological polar surface area (TPSA) is 734 Å². The van der Waals surface area contributed by atoms with Gasteiger partial charge in [0.05, 0.1) is 93.8 Å². The maximum atomic E-state index is 16.0. The minimum Gasteiger partial charge on any atom is -0.398 e. The van der Waals surface area contributed by atoms with E-state index in [2.05, 4.69) is 87.7 Å². The van der Waals surface area contributed by atoms with Crippen LogP contribution in [-0.4, -0.2) is 257 Å². The summed E-state index contributed by atoms with van der Waals surface area (Å²) < 4.78 is 138.